The lowest BCUT2D eigenvalue weighted by atomic mass is 10.1. The van der Waals surface area contributed by atoms with Crippen molar-refractivity contribution in [3.05, 3.63) is 29.3 Å². The van der Waals surface area contributed by atoms with Crippen molar-refractivity contribution in [2.75, 3.05) is 13.1 Å². The Labute approximate surface area is 105 Å². The van der Waals surface area contributed by atoms with E-state index in [9.17, 15) is 0 Å². The van der Waals surface area contributed by atoms with Crippen LogP contribution in [0, 0.1) is 6.92 Å². The smallest absolute Gasteiger partial charge is 0.103 e. The number of hydrogen-bond donors (Lipinski definition) is 1. The molecule has 1 aliphatic rings. The first kappa shape index (κ1) is 11.0. The van der Waals surface area contributed by atoms with Crippen molar-refractivity contribution < 1.29 is 0 Å². The van der Waals surface area contributed by atoms with Gasteiger partial charge in [0, 0.05) is 12.2 Å². The van der Waals surface area contributed by atoms with Crippen LogP contribution in [-0.4, -0.2) is 22.9 Å². The fourth-order valence-corrected chi connectivity index (χ4v) is 3.13. The largest absolute Gasteiger partial charge is 0.315 e. The number of aromatic nitrogens is 2. The van der Waals surface area contributed by atoms with Crippen LogP contribution in [0.15, 0.2) is 23.6 Å². The zero-order chi connectivity index (χ0) is 11.7. The summed E-state index contributed by atoms with van der Waals surface area (Å²) >= 11 is 1.75. The van der Waals surface area contributed by atoms with E-state index in [1.54, 1.807) is 11.3 Å². The van der Waals surface area contributed by atoms with Gasteiger partial charge >= 0.3 is 0 Å². The second kappa shape index (κ2) is 4.63. The predicted molar refractivity (Wildman–Crippen MR) is 71.4 cm³/mol. The number of piperidine rings is 1. The lowest BCUT2D eigenvalue weighted by Crippen LogP contribution is -2.32. The molecular weight excluding hydrogens is 230 g/mol. The van der Waals surface area contributed by atoms with Crippen LogP contribution in [-0.2, 0) is 0 Å². The molecule has 0 radical (unpaired) electrons. The van der Waals surface area contributed by atoms with Gasteiger partial charge in [-0.05, 0) is 43.8 Å². The summed E-state index contributed by atoms with van der Waals surface area (Å²) in [4.78, 5) is 1.26. The molecule has 3 rings (SSSR count). The van der Waals surface area contributed by atoms with Gasteiger partial charge in [0.2, 0.25) is 0 Å². The summed E-state index contributed by atoms with van der Waals surface area (Å²) in [6.45, 7) is 4.35. The molecule has 0 spiro atoms. The van der Waals surface area contributed by atoms with Gasteiger partial charge in [0.15, 0.2) is 0 Å². The fourth-order valence-electron chi connectivity index (χ4n) is 2.44. The quantitative estimate of drug-likeness (QED) is 0.884. The molecule has 1 saturated heterocycles. The second-order valence-electron chi connectivity index (χ2n) is 4.59. The molecule has 1 aliphatic heterocycles. The minimum Gasteiger partial charge on any atom is -0.315 e. The number of aryl methyl sites for hydroxylation is 1. The number of hydrogen-bond acceptors (Lipinski definition) is 3. The van der Waals surface area contributed by atoms with E-state index >= 15 is 0 Å². The summed E-state index contributed by atoms with van der Waals surface area (Å²) in [5.74, 6) is 0. The Balaban J connectivity index is 1.90. The van der Waals surface area contributed by atoms with E-state index in [4.69, 9.17) is 5.10 Å². The van der Waals surface area contributed by atoms with Gasteiger partial charge in [0.1, 0.15) is 5.69 Å². The summed E-state index contributed by atoms with van der Waals surface area (Å²) in [6.07, 6.45) is 2.48. The van der Waals surface area contributed by atoms with E-state index in [0.717, 1.165) is 18.8 Å². The molecule has 90 valence electrons. The molecule has 1 fully saturated rings. The van der Waals surface area contributed by atoms with Crippen molar-refractivity contribution in [2.45, 2.75) is 25.8 Å². The van der Waals surface area contributed by atoms with Crippen LogP contribution in [0.25, 0.3) is 10.6 Å². The first-order valence-corrected chi connectivity index (χ1v) is 7.03. The average Bonchev–Trinajstić information content (AvgIpc) is 2.99. The molecule has 1 atom stereocenters. The molecule has 3 heterocycles. The van der Waals surface area contributed by atoms with Gasteiger partial charge in [-0.1, -0.05) is 6.07 Å². The van der Waals surface area contributed by atoms with Gasteiger partial charge in [-0.25, -0.2) is 0 Å². The highest BCUT2D eigenvalue weighted by molar-refractivity contribution is 7.13. The highest BCUT2D eigenvalue weighted by atomic mass is 32.1. The minimum absolute atomic E-state index is 0.525. The summed E-state index contributed by atoms with van der Waals surface area (Å²) in [5, 5.41) is 10.3. The van der Waals surface area contributed by atoms with Crippen molar-refractivity contribution in [3.8, 4) is 10.6 Å². The average molecular weight is 247 g/mol. The molecule has 3 nitrogen and oxygen atoms in total. The number of nitrogens with one attached hydrogen (secondary N) is 1. The maximum Gasteiger partial charge on any atom is 0.103 e. The zero-order valence-electron chi connectivity index (χ0n) is 10.0. The van der Waals surface area contributed by atoms with Crippen LogP contribution >= 0.6 is 11.3 Å². The van der Waals surface area contributed by atoms with Crippen molar-refractivity contribution in [1.29, 1.82) is 0 Å². The minimum atomic E-state index is 0.525. The molecule has 1 N–H and O–H groups in total. The molecule has 0 aliphatic carbocycles. The highest BCUT2D eigenvalue weighted by Gasteiger charge is 2.18. The standard InChI is InChI=1S/C13H17N3S/c1-10-8-12(13-5-3-7-17-13)15-16(10)11-4-2-6-14-9-11/h3,5,7-8,11,14H,2,4,6,9H2,1H3/t11-/m0/s1. The Bertz CT molecular complexity index is 481. The molecule has 0 saturated carbocycles. The van der Waals surface area contributed by atoms with Gasteiger partial charge in [-0.2, -0.15) is 5.10 Å². The summed E-state index contributed by atoms with van der Waals surface area (Å²) in [5.41, 5.74) is 2.38. The van der Waals surface area contributed by atoms with Crippen LogP contribution in [0.5, 0.6) is 0 Å². The molecule has 0 unspecified atom stereocenters. The van der Waals surface area contributed by atoms with Crippen LogP contribution in [0.1, 0.15) is 24.6 Å². The van der Waals surface area contributed by atoms with Crippen LogP contribution < -0.4 is 5.32 Å². The normalized spacial score (nSPS) is 20.6. The summed E-state index contributed by atoms with van der Waals surface area (Å²) < 4.78 is 2.20. The molecule has 0 bridgehead atoms. The van der Waals surface area contributed by atoms with Gasteiger partial charge in [0.05, 0.1) is 10.9 Å². The topological polar surface area (TPSA) is 29.9 Å². The third-order valence-electron chi connectivity index (χ3n) is 3.31. The monoisotopic (exact) mass is 247 g/mol. The Morgan fingerprint density at radius 3 is 3.18 bits per heavy atom. The Morgan fingerprint density at radius 1 is 1.53 bits per heavy atom. The van der Waals surface area contributed by atoms with Gasteiger partial charge in [-0.3, -0.25) is 4.68 Å². The van der Waals surface area contributed by atoms with E-state index in [0.29, 0.717) is 6.04 Å². The molecule has 2 aromatic rings. The van der Waals surface area contributed by atoms with Crippen molar-refractivity contribution in [2.24, 2.45) is 0 Å². The SMILES string of the molecule is Cc1cc(-c2cccs2)nn1[C@H]1CCCNC1. The summed E-state index contributed by atoms with van der Waals surface area (Å²) in [6, 6.07) is 6.94. The van der Waals surface area contributed by atoms with E-state index in [1.165, 1.54) is 23.4 Å². The number of rotatable bonds is 2. The van der Waals surface area contributed by atoms with Crippen molar-refractivity contribution >= 4 is 11.3 Å². The van der Waals surface area contributed by atoms with Gasteiger partial charge in [-0.15, -0.1) is 11.3 Å². The second-order valence-corrected chi connectivity index (χ2v) is 5.54. The van der Waals surface area contributed by atoms with E-state index < -0.39 is 0 Å². The Hall–Kier alpha value is -1.13. The van der Waals surface area contributed by atoms with Crippen LogP contribution in [0.4, 0.5) is 0 Å². The number of nitrogens with zero attached hydrogens (tertiary/aromatic N) is 2. The first-order chi connectivity index (χ1) is 8.34. The van der Waals surface area contributed by atoms with Crippen LogP contribution in [0.2, 0.25) is 0 Å². The lowest BCUT2D eigenvalue weighted by molar-refractivity contribution is 0.342. The van der Waals surface area contributed by atoms with E-state index in [1.807, 2.05) is 0 Å². The molecule has 17 heavy (non-hydrogen) atoms. The Morgan fingerprint density at radius 2 is 2.47 bits per heavy atom. The third kappa shape index (κ3) is 2.15. The highest BCUT2D eigenvalue weighted by Crippen LogP contribution is 2.26. The van der Waals surface area contributed by atoms with Gasteiger partial charge < -0.3 is 5.32 Å². The van der Waals surface area contributed by atoms with Crippen molar-refractivity contribution in [3.63, 3.8) is 0 Å². The fraction of sp³-hybridized carbons (Fsp3) is 0.462. The Kier molecular flexibility index (Phi) is 2.99. The maximum atomic E-state index is 4.76. The predicted octanol–water partition coefficient (Wildman–Crippen LogP) is 2.84. The summed E-state index contributed by atoms with van der Waals surface area (Å²) in [7, 11) is 0. The zero-order valence-corrected chi connectivity index (χ0v) is 10.8. The van der Waals surface area contributed by atoms with E-state index in [-0.39, 0.29) is 0 Å². The van der Waals surface area contributed by atoms with Gasteiger partial charge in [0.25, 0.3) is 0 Å². The van der Waals surface area contributed by atoms with E-state index in [2.05, 4.69) is 40.5 Å². The molecule has 4 heteroatoms. The molecular formula is C13H17N3S. The molecule has 0 amide bonds. The van der Waals surface area contributed by atoms with Crippen molar-refractivity contribution in [1.82, 2.24) is 15.1 Å². The first-order valence-electron chi connectivity index (χ1n) is 6.15. The maximum absolute atomic E-state index is 4.76. The lowest BCUT2D eigenvalue weighted by Gasteiger charge is -2.24. The molecule has 0 aromatic carbocycles. The number of thiophene rings is 1. The third-order valence-corrected chi connectivity index (χ3v) is 4.21. The van der Waals surface area contributed by atoms with Crippen LogP contribution in [0.3, 0.4) is 0 Å². The molecule has 2 aromatic heterocycles.